The standard InChI is InChI=1S/C49H47N7O5S/c57-44(36-23-24-36)51-41(33-9-3-1-4-10-33)48(59)55-27-7-13-38(55)46-53-43(54-61-46)35-21-17-31(18-22-35)30-15-19-32(20-16-30)40-29-50-47(62-40)39-14-8-28-56(39)49(60)42(34-11-5-2-6-12-34)52-45(58)37-25-26-37/h1-6,9-12,15-22,29,36-39,41-42H,7-8,13-14,23-28H2,(H,51,57)(H,52,58)/t38-,39-,41?,42+/m0/s1. The van der Waals surface area contributed by atoms with Crippen LogP contribution in [0.4, 0.5) is 0 Å². The van der Waals surface area contributed by atoms with E-state index in [1.807, 2.05) is 96.0 Å². The van der Waals surface area contributed by atoms with E-state index in [4.69, 9.17) is 14.5 Å². The first kappa shape index (κ1) is 39.7. The summed E-state index contributed by atoms with van der Waals surface area (Å²) in [6.45, 7) is 1.17. The maximum Gasteiger partial charge on any atom is 0.250 e. The van der Waals surface area contributed by atoms with Crippen molar-refractivity contribution in [2.24, 2.45) is 11.8 Å². The molecule has 6 aromatic rings. The van der Waals surface area contributed by atoms with Crippen LogP contribution in [0.3, 0.4) is 0 Å². The maximum atomic E-state index is 14.1. The predicted molar refractivity (Wildman–Crippen MR) is 234 cm³/mol. The number of aromatic nitrogens is 3. The Kier molecular flexibility index (Phi) is 11.0. The molecule has 12 nitrogen and oxygen atoms in total. The van der Waals surface area contributed by atoms with Crippen LogP contribution in [0.1, 0.15) is 97.6 Å². The monoisotopic (exact) mass is 845 g/mol. The van der Waals surface area contributed by atoms with Gasteiger partial charge in [-0.2, -0.15) is 4.98 Å². The fourth-order valence-electron chi connectivity index (χ4n) is 8.69. The van der Waals surface area contributed by atoms with E-state index < -0.39 is 12.1 Å². The van der Waals surface area contributed by atoms with Crippen LogP contribution in [0.5, 0.6) is 0 Å². The summed E-state index contributed by atoms with van der Waals surface area (Å²) >= 11 is 1.61. The number of nitrogens with zero attached hydrogens (tertiary/aromatic N) is 5. The molecule has 2 saturated heterocycles. The summed E-state index contributed by atoms with van der Waals surface area (Å²) in [5.41, 5.74) is 5.47. The van der Waals surface area contributed by atoms with Gasteiger partial charge < -0.3 is 25.0 Å². The Bertz CT molecular complexity index is 2390. The number of carbonyl (C=O) groups excluding carboxylic acids is 4. The fourth-order valence-corrected chi connectivity index (χ4v) is 9.76. The van der Waals surface area contributed by atoms with Crippen molar-refractivity contribution in [1.29, 1.82) is 0 Å². The van der Waals surface area contributed by atoms with Gasteiger partial charge in [0.05, 0.1) is 10.9 Å². The van der Waals surface area contributed by atoms with Crippen LogP contribution < -0.4 is 10.6 Å². The Balaban J connectivity index is 0.797. The fraction of sp³-hybridized carbons (Fsp3) is 0.327. The molecule has 0 bridgehead atoms. The molecule has 4 aromatic carbocycles. The van der Waals surface area contributed by atoms with Crippen LogP contribution in [0, 0.1) is 11.8 Å². The summed E-state index contributed by atoms with van der Waals surface area (Å²) in [4.78, 5) is 68.1. The smallest absolute Gasteiger partial charge is 0.250 e. The van der Waals surface area contributed by atoms with Crippen molar-refractivity contribution in [3.63, 3.8) is 0 Å². The lowest BCUT2D eigenvalue weighted by molar-refractivity contribution is -0.138. The van der Waals surface area contributed by atoms with Gasteiger partial charge in [-0.1, -0.05) is 114 Å². The highest BCUT2D eigenvalue weighted by atomic mass is 32.1. The molecule has 2 aromatic heterocycles. The highest BCUT2D eigenvalue weighted by Crippen LogP contribution is 2.40. The molecule has 1 unspecified atom stereocenters. The minimum atomic E-state index is -0.777. The normalized spacial score (nSPS) is 19.5. The number of hydrogen-bond donors (Lipinski definition) is 2. The molecule has 4 heterocycles. The lowest BCUT2D eigenvalue weighted by Crippen LogP contribution is -2.43. The van der Waals surface area contributed by atoms with Gasteiger partial charge in [0.1, 0.15) is 23.1 Å². The van der Waals surface area contributed by atoms with Crippen molar-refractivity contribution in [3.8, 4) is 33.0 Å². The third-order valence-corrected chi connectivity index (χ3v) is 13.6. The lowest BCUT2D eigenvalue weighted by atomic mass is 10.0. The molecule has 10 rings (SSSR count). The number of nitrogens with one attached hydrogen (secondary N) is 2. The number of carbonyl (C=O) groups is 4. The predicted octanol–water partition coefficient (Wildman–Crippen LogP) is 8.39. The first-order valence-electron chi connectivity index (χ1n) is 21.7. The summed E-state index contributed by atoms with van der Waals surface area (Å²) in [7, 11) is 0. The average Bonchev–Trinajstić information content (AvgIpc) is 4.07. The van der Waals surface area contributed by atoms with Crippen LogP contribution >= 0.6 is 11.3 Å². The van der Waals surface area contributed by atoms with E-state index in [1.165, 1.54) is 0 Å². The number of thiazole rings is 1. The molecule has 4 aliphatic rings. The molecule has 0 radical (unpaired) electrons. The van der Waals surface area contributed by atoms with Crippen LogP contribution in [-0.2, 0) is 19.2 Å². The number of hydrogen-bond acceptors (Lipinski definition) is 9. The highest BCUT2D eigenvalue weighted by Gasteiger charge is 2.41. The summed E-state index contributed by atoms with van der Waals surface area (Å²) in [6, 6.07) is 33.3. The SMILES string of the molecule is O=C(NC(C(=O)N1CCC[C@H]1c1nc(-c2ccc(-c3ccc(-c4cnc([C@@H]5CCCN5C(=O)[C@H](NC(=O)C5CC5)c5ccccc5)s4)cc3)cc2)no1)c1ccccc1)C1CC1. The molecule has 4 atom stereocenters. The third kappa shape index (κ3) is 8.28. The molecule has 314 valence electrons. The van der Waals surface area contributed by atoms with Gasteiger partial charge in [-0.05, 0) is 79.2 Å². The van der Waals surface area contributed by atoms with Crippen molar-refractivity contribution in [1.82, 2.24) is 35.6 Å². The molecule has 62 heavy (non-hydrogen) atoms. The largest absolute Gasteiger partial charge is 0.340 e. The minimum absolute atomic E-state index is 0.00430. The maximum absolute atomic E-state index is 14.1. The number of amides is 4. The van der Waals surface area contributed by atoms with Crippen LogP contribution in [0.15, 0.2) is 120 Å². The van der Waals surface area contributed by atoms with E-state index in [0.717, 1.165) is 88.2 Å². The van der Waals surface area contributed by atoms with Gasteiger partial charge in [-0.25, -0.2) is 4.98 Å². The van der Waals surface area contributed by atoms with Gasteiger partial charge >= 0.3 is 0 Å². The van der Waals surface area contributed by atoms with Gasteiger partial charge in [-0.3, -0.25) is 19.2 Å². The number of likely N-dealkylation sites (tertiary alicyclic amines) is 2. The molecule has 4 fully saturated rings. The van der Waals surface area contributed by atoms with Crippen LogP contribution in [0.25, 0.3) is 33.0 Å². The van der Waals surface area contributed by atoms with Crippen molar-refractivity contribution in [3.05, 3.63) is 137 Å². The highest BCUT2D eigenvalue weighted by molar-refractivity contribution is 7.15. The second-order valence-electron chi connectivity index (χ2n) is 16.8. The molecule has 2 saturated carbocycles. The average molecular weight is 846 g/mol. The molecular weight excluding hydrogens is 799 g/mol. The summed E-state index contributed by atoms with van der Waals surface area (Å²) in [5.74, 6) is 0.434. The molecule has 2 aliphatic heterocycles. The quantitative estimate of drug-likeness (QED) is 0.118. The summed E-state index contributed by atoms with van der Waals surface area (Å²) in [6.07, 6.45) is 8.54. The van der Waals surface area contributed by atoms with Gasteiger partial charge in [0, 0.05) is 36.7 Å². The molecular formula is C49H47N7O5S. The van der Waals surface area contributed by atoms with E-state index in [-0.39, 0.29) is 47.5 Å². The van der Waals surface area contributed by atoms with Gasteiger partial charge in [0.2, 0.25) is 35.3 Å². The van der Waals surface area contributed by atoms with E-state index in [2.05, 4.69) is 40.1 Å². The van der Waals surface area contributed by atoms with E-state index >= 15 is 0 Å². The van der Waals surface area contributed by atoms with Gasteiger partial charge in [0.25, 0.3) is 0 Å². The Morgan fingerprint density at radius 3 is 1.61 bits per heavy atom. The summed E-state index contributed by atoms with van der Waals surface area (Å²) < 4.78 is 5.79. The Hall–Kier alpha value is -6.47. The summed E-state index contributed by atoms with van der Waals surface area (Å²) in [5, 5.41) is 11.3. The van der Waals surface area contributed by atoms with Crippen molar-refractivity contribution < 1.29 is 23.7 Å². The molecule has 2 aliphatic carbocycles. The van der Waals surface area contributed by atoms with Crippen molar-refractivity contribution in [2.45, 2.75) is 75.5 Å². The van der Waals surface area contributed by atoms with Gasteiger partial charge in [-0.15, -0.1) is 11.3 Å². The zero-order valence-corrected chi connectivity index (χ0v) is 35.0. The minimum Gasteiger partial charge on any atom is -0.340 e. The third-order valence-electron chi connectivity index (χ3n) is 12.5. The molecule has 4 amide bonds. The van der Waals surface area contributed by atoms with Crippen LogP contribution in [-0.4, -0.2) is 61.6 Å². The zero-order valence-electron chi connectivity index (χ0n) is 34.2. The second-order valence-corrected chi connectivity index (χ2v) is 17.9. The first-order chi connectivity index (χ1) is 30.4. The molecule has 2 N–H and O–H groups in total. The number of rotatable bonds is 13. The van der Waals surface area contributed by atoms with Gasteiger partial charge in [0.15, 0.2) is 0 Å². The Labute approximate surface area is 363 Å². The Morgan fingerprint density at radius 1 is 0.597 bits per heavy atom. The lowest BCUT2D eigenvalue weighted by Gasteiger charge is -2.28. The van der Waals surface area contributed by atoms with E-state index in [9.17, 15) is 19.2 Å². The Morgan fingerprint density at radius 2 is 1.08 bits per heavy atom. The topological polar surface area (TPSA) is 151 Å². The van der Waals surface area contributed by atoms with Crippen molar-refractivity contribution >= 4 is 35.0 Å². The second kappa shape index (κ2) is 17.1. The molecule has 0 spiro atoms. The molecule has 13 heteroatoms. The number of benzene rings is 4. The zero-order chi connectivity index (χ0) is 42.2. The van der Waals surface area contributed by atoms with E-state index in [0.29, 0.717) is 31.2 Å². The first-order valence-corrected chi connectivity index (χ1v) is 22.5. The van der Waals surface area contributed by atoms with E-state index in [1.54, 1.807) is 16.2 Å². The van der Waals surface area contributed by atoms with Crippen molar-refractivity contribution in [2.75, 3.05) is 13.1 Å². The van der Waals surface area contributed by atoms with Crippen LogP contribution in [0.2, 0.25) is 0 Å².